The summed E-state index contributed by atoms with van der Waals surface area (Å²) in [5, 5.41) is 35.8. The van der Waals surface area contributed by atoms with Crippen molar-refractivity contribution in [2.24, 2.45) is 0 Å². The van der Waals surface area contributed by atoms with Gasteiger partial charge < -0.3 is 30.0 Å². The van der Waals surface area contributed by atoms with Crippen LogP contribution in [-0.2, 0) is 9.59 Å². The van der Waals surface area contributed by atoms with Gasteiger partial charge in [-0.25, -0.2) is 0 Å². The summed E-state index contributed by atoms with van der Waals surface area (Å²) in [7, 11) is 0. The van der Waals surface area contributed by atoms with Crippen LogP contribution in [0.25, 0.3) is 11.0 Å². The van der Waals surface area contributed by atoms with E-state index in [-0.39, 0.29) is 29.8 Å². The van der Waals surface area contributed by atoms with Crippen LogP contribution < -0.4 is 10.6 Å². The monoisotopic (exact) mass is 490 g/mol. The summed E-state index contributed by atoms with van der Waals surface area (Å²) >= 11 is 0. The first kappa shape index (κ1) is 25.1. The van der Waals surface area contributed by atoms with Gasteiger partial charge >= 0.3 is 0 Å². The predicted octanol–water partition coefficient (Wildman–Crippen LogP) is 2.75. The fourth-order valence-corrected chi connectivity index (χ4v) is 4.60. The van der Waals surface area contributed by atoms with Crippen molar-refractivity contribution in [3.05, 3.63) is 41.4 Å². The third kappa shape index (κ3) is 5.61. The molecule has 36 heavy (non-hydrogen) atoms. The van der Waals surface area contributed by atoms with E-state index in [2.05, 4.69) is 10.6 Å². The average molecular weight is 491 g/mol. The molecule has 10 heteroatoms. The topological polar surface area (TPSA) is 146 Å². The van der Waals surface area contributed by atoms with Crippen molar-refractivity contribution in [2.45, 2.75) is 51.2 Å². The van der Waals surface area contributed by atoms with Crippen LogP contribution in [0.1, 0.15) is 50.9 Å². The Morgan fingerprint density at radius 1 is 1.17 bits per heavy atom. The van der Waals surface area contributed by atoms with Crippen LogP contribution in [0.5, 0.6) is 0 Å². The molecule has 0 bridgehead atoms. The standard InChI is InChI=1S/C26H30N6O4/c1-17(33)23-13-18-12-20(7-8-22(18)36-23)29-25(19(14-27)15-28)30-21-6-2-3-11-32(26(21)35)16-24(34)31-9-4-5-10-31/h7-8,12-13,17,21,29-30,33H,2-6,9-11,16H2,1H3/t17?,21-/m0/s1. The van der Waals surface area contributed by atoms with Crippen LogP contribution in [0, 0.1) is 22.7 Å². The number of furan rings is 1. The van der Waals surface area contributed by atoms with E-state index in [4.69, 9.17) is 4.42 Å². The van der Waals surface area contributed by atoms with Gasteiger partial charge in [-0.2, -0.15) is 10.5 Å². The Bertz CT molecular complexity index is 1230. The summed E-state index contributed by atoms with van der Waals surface area (Å²) in [4.78, 5) is 29.4. The maximum atomic E-state index is 13.4. The largest absolute Gasteiger partial charge is 0.458 e. The maximum absolute atomic E-state index is 13.4. The molecule has 1 aromatic heterocycles. The van der Waals surface area contributed by atoms with Crippen molar-refractivity contribution >= 4 is 28.5 Å². The molecule has 10 nitrogen and oxygen atoms in total. The van der Waals surface area contributed by atoms with E-state index in [1.807, 2.05) is 12.1 Å². The number of hydrogen-bond acceptors (Lipinski definition) is 8. The molecule has 3 heterocycles. The number of allylic oxidation sites excluding steroid dienone is 1. The van der Waals surface area contributed by atoms with Gasteiger partial charge in [-0.1, -0.05) is 0 Å². The van der Waals surface area contributed by atoms with E-state index < -0.39 is 12.1 Å². The van der Waals surface area contributed by atoms with Gasteiger partial charge in [-0.15, -0.1) is 0 Å². The van der Waals surface area contributed by atoms with Gasteiger partial charge in [0.05, 0.1) is 6.54 Å². The highest BCUT2D eigenvalue weighted by atomic mass is 16.4. The van der Waals surface area contributed by atoms with Crippen LogP contribution in [-0.4, -0.2) is 58.9 Å². The van der Waals surface area contributed by atoms with E-state index in [1.165, 1.54) is 0 Å². The average Bonchev–Trinajstić information content (AvgIpc) is 3.52. The highest BCUT2D eigenvalue weighted by Crippen LogP contribution is 2.27. The summed E-state index contributed by atoms with van der Waals surface area (Å²) in [5.74, 6) is 0.291. The Balaban J connectivity index is 1.53. The molecule has 0 spiro atoms. The van der Waals surface area contributed by atoms with Gasteiger partial charge in [-0.3, -0.25) is 9.59 Å². The van der Waals surface area contributed by atoms with Crippen molar-refractivity contribution in [1.82, 2.24) is 15.1 Å². The smallest absolute Gasteiger partial charge is 0.245 e. The zero-order valence-electron chi connectivity index (χ0n) is 20.3. The molecule has 1 aromatic carbocycles. The van der Waals surface area contributed by atoms with Crippen molar-refractivity contribution in [1.29, 1.82) is 10.5 Å². The number of rotatable bonds is 7. The number of aliphatic hydroxyl groups is 1. The van der Waals surface area contributed by atoms with Crippen molar-refractivity contribution in [3.8, 4) is 12.1 Å². The molecular formula is C26H30N6O4. The molecule has 3 N–H and O–H groups in total. The fraction of sp³-hybridized carbons (Fsp3) is 0.462. The fourth-order valence-electron chi connectivity index (χ4n) is 4.60. The first-order valence-electron chi connectivity index (χ1n) is 12.3. The molecular weight excluding hydrogens is 460 g/mol. The van der Waals surface area contributed by atoms with Crippen molar-refractivity contribution < 1.29 is 19.1 Å². The lowest BCUT2D eigenvalue weighted by Gasteiger charge is -2.27. The zero-order valence-corrected chi connectivity index (χ0v) is 20.3. The van der Waals surface area contributed by atoms with Crippen LogP contribution >= 0.6 is 0 Å². The Morgan fingerprint density at radius 3 is 2.58 bits per heavy atom. The zero-order chi connectivity index (χ0) is 25.7. The number of nitriles is 2. The third-order valence-corrected chi connectivity index (χ3v) is 6.57. The van der Waals surface area contributed by atoms with Gasteiger partial charge in [0.15, 0.2) is 5.57 Å². The number of carbonyl (C=O) groups is 2. The Morgan fingerprint density at radius 2 is 1.89 bits per heavy atom. The number of aliphatic hydroxyl groups excluding tert-OH is 1. The van der Waals surface area contributed by atoms with Gasteiger partial charge in [0.1, 0.15) is 41.4 Å². The second-order valence-electron chi connectivity index (χ2n) is 9.22. The number of likely N-dealkylation sites (tertiary alicyclic amines) is 2. The van der Waals surface area contributed by atoms with Crippen LogP contribution in [0.2, 0.25) is 0 Å². The van der Waals surface area contributed by atoms with Gasteiger partial charge in [-0.05, 0) is 63.3 Å². The number of nitrogens with zero attached hydrogens (tertiary/aromatic N) is 4. The van der Waals surface area contributed by atoms with Gasteiger partial charge in [0.2, 0.25) is 11.8 Å². The molecule has 0 radical (unpaired) electrons. The number of benzene rings is 1. The lowest BCUT2D eigenvalue weighted by molar-refractivity contribution is -0.140. The number of hydrogen-bond donors (Lipinski definition) is 3. The molecule has 2 fully saturated rings. The molecule has 4 rings (SSSR count). The third-order valence-electron chi connectivity index (χ3n) is 6.57. The molecule has 1 unspecified atom stereocenters. The Hall–Kier alpha value is -4.02. The first-order valence-corrected chi connectivity index (χ1v) is 12.3. The quantitative estimate of drug-likeness (QED) is 0.502. The summed E-state index contributed by atoms with van der Waals surface area (Å²) in [6, 6.07) is 10.0. The van der Waals surface area contributed by atoms with E-state index in [9.17, 15) is 25.2 Å². The lowest BCUT2D eigenvalue weighted by Crippen LogP contribution is -2.49. The number of carbonyl (C=O) groups excluding carboxylic acids is 2. The van der Waals surface area contributed by atoms with E-state index >= 15 is 0 Å². The molecule has 2 amide bonds. The Kier molecular flexibility index (Phi) is 7.77. The molecule has 2 aliphatic heterocycles. The Labute approximate surface area is 209 Å². The highest BCUT2D eigenvalue weighted by molar-refractivity contribution is 5.88. The second kappa shape index (κ2) is 11.1. The predicted molar refractivity (Wildman–Crippen MR) is 132 cm³/mol. The molecule has 0 aliphatic carbocycles. The summed E-state index contributed by atoms with van der Waals surface area (Å²) in [5.41, 5.74) is 0.977. The lowest BCUT2D eigenvalue weighted by atomic mass is 10.1. The van der Waals surface area contributed by atoms with Crippen LogP contribution in [0.15, 0.2) is 40.1 Å². The molecule has 2 saturated heterocycles. The number of amides is 2. The molecule has 0 saturated carbocycles. The minimum Gasteiger partial charge on any atom is -0.458 e. The molecule has 2 atom stereocenters. The van der Waals surface area contributed by atoms with E-state index in [1.54, 1.807) is 41.0 Å². The van der Waals surface area contributed by atoms with Crippen LogP contribution in [0.3, 0.4) is 0 Å². The van der Waals surface area contributed by atoms with E-state index in [0.717, 1.165) is 44.2 Å². The summed E-state index contributed by atoms with van der Waals surface area (Å²) in [6.45, 7) is 3.60. The molecule has 2 aromatic rings. The maximum Gasteiger partial charge on any atom is 0.245 e. The van der Waals surface area contributed by atoms with Crippen molar-refractivity contribution in [3.63, 3.8) is 0 Å². The summed E-state index contributed by atoms with van der Waals surface area (Å²) in [6.07, 6.45) is 3.27. The first-order chi connectivity index (χ1) is 17.4. The number of anilines is 1. The summed E-state index contributed by atoms with van der Waals surface area (Å²) < 4.78 is 5.62. The minimum absolute atomic E-state index is 0.0373. The number of nitrogens with one attached hydrogen (secondary N) is 2. The highest BCUT2D eigenvalue weighted by Gasteiger charge is 2.31. The second-order valence-corrected chi connectivity index (χ2v) is 9.22. The SMILES string of the molecule is CC(O)c1cc2cc(NC(N[C@H]3CCCCN(CC(=O)N4CCCC4)C3=O)=C(C#N)C#N)ccc2o1. The minimum atomic E-state index is -0.753. The molecule has 2 aliphatic rings. The van der Waals surface area contributed by atoms with Crippen molar-refractivity contribution in [2.75, 3.05) is 31.5 Å². The van der Waals surface area contributed by atoms with Gasteiger partial charge in [0.25, 0.3) is 0 Å². The number of fused-ring (bicyclic) bond motifs is 1. The van der Waals surface area contributed by atoms with Crippen LogP contribution in [0.4, 0.5) is 5.69 Å². The van der Waals surface area contributed by atoms with E-state index in [0.29, 0.717) is 30.0 Å². The van der Waals surface area contributed by atoms with Gasteiger partial charge in [0, 0.05) is 30.7 Å². The molecule has 188 valence electrons. The normalized spacial score (nSPS) is 18.8.